The zero-order chi connectivity index (χ0) is 18.0. The quantitative estimate of drug-likeness (QED) is 0.787. The van der Waals surface area contributed by atoms with E-state index in [4.69, 9.17) is 22.1 Å². The molecule has 0 spiro atoms. The van der Waals surface area contributed by atoms with E-state index in [1.165, 1.54) is 24.1 Å². The molecule has 0 bridgehead atoms. The van der Waals surface area contributed by atoms with Gasteiger partial charge >= 0.3 is 0 Å². The van der Waals surface area contributed by atoms with Crippen LogP contribution in [0.25, 0.3) is 0 Å². The molecule has 1 aromatic rings. The number of benzene rings is 1. The molecular formula is C14H22ClN3O4S. The molecule has 0 fully saturated rings. The summed E-state index contributed by atoms with van der Waals surface area (Å²) >= 11 is 5.98. The van der Waals surface area contributed by atoms with Crippen molar-refractivity contribution in [3.63, 3.8) is 0 Å². The van der Waals surface area contributed by atoms with E-state index in [0.29, 0.717) is 0 Å². The number of nitrogens with one attached hydrogen (secondary N) is 1. The molecular weight excluding hydrogens is 342 g/mol. The van der Waals surface area contributed by atoms with Gasteiger partial charge in [0.15, 0.2) is 5.75 Å². The highest BCUT2D eigenvalue weighted by molar-refractivity contribution is 7.89. The van der Waals surface area contributed by atoms with E-state index in [9.17, 15) is 13.2 Å². The minimum absolute atomic E-state index is 0.0158. The first kappa shape index (κ1) is 19.7. The maximum absolute atomic E-state index is 12.5. The van der Waals surface area contributed by atoms with Gasteiger partial charge in [-0.1, -0.05) is 11.6 Å². The monoisotopic (exact) mass is 363 g/mol. The lowest BCUT2D eigenvalue weighted by Crippen LogP contribution is -2.45. The van der Waals surface area contributed by atoms with Gasteiger partial charge in [-0.2, -0.15) is 0 Å². The fourth-order valence-electron chi connectivity index (χ4n) is 1.74. The number of amides is 1. The highest BCUT2D eigenvalue weighted by Crippen LogP contribution is 2.32. The number of nitrogens with zero attached hydrogens (tertiary/aromatic N) is 1. The Morgan fingerprint density at radius 3 is 2.39 bits per heavy atom. The molecule has 0 aliphatic rings. The maximum atomic E-state index is 12.5. The van der Waals surface area contributed by atoms with Crippen LogP contribution in [-0.2, 0) is 10.0 Å². The SMILES string of the molecule is COc1c(C(=O)N(C)C)cc(Cl)cc1S(=O)(=O)NCC(C)(C)N. The third kappa shape index (κ3) is 5.07. The van der Waals surface area contributed by atoms with Gasteiger partial charge in [-0.15, -0.1) is 0 Å². The number of hydrogen-bond donors (Lipinski definition) is 2. The molecule has 0 radical (unpaired) electrons. The highest BCUT2D eigenvalue weighted by Gasteiger charge is 2.27. The molecule has 0 saturated carbocycles. The van der Waals surface area contributed by atoms with Crippen molar-refractivity contribution in [1.82, 2.24) is 9.62 Å². The molecule has 3 N–H and O–H groups in total. The normalized spacial score (nSPS) is 12.1. The van der Waals surface area contributed by atoms with Crippen LogP contribution in [0.4, 0.5) is 0 Å². The molecule has 0 unspecified atom stereocenters. The number of carbonyl (C=O) groups is 1. The molecule has 1 aromatic carbocycles. The van der Waals surface area contributed by atoms with Gasteiger partial charge in [0.1, 0.15) is 4.90 Å². The summed E-state index contributed by atoms with van der Waals surface area (Å²) in [5, 5.41) is 0.114. The summed E-state index contributed by atoms with van der Waals surface area (Å²) < 4.78 is 32.6. The van der Waals surface area contributed by atoms with Crippen molar-refractivity contribution >= 4 is 27.5 Å². The molecule has 0 saturated heterocycles. The lowest BCUT2D eigenvalue weighted by atomic mass is 10.1. The van der Waals surface area contributed by atoms with Crippen LogP contribution in [0, 0.1) is 0 Å². The zero-order valence-corrected chi connectivity index (χ0v) is 15.4. The predicted octanol–water partition coefficient (Wildman–Crippen LogP) is 1.07. The van der Waals surface area contributed by atoms with Crippen LogP contribution in [0.2, 0.25) is 5.02 Å². The Bertz CT molecular complexity index is 697. The number of nitrogens with two attached hydrogens (primary N) is 1. The average molecular weight is 364 g/mol. The average Bonchev–Trinajstić information content (AvgIpc) is 2.42. The van der Waals surface area contributed by atoms with Crippen molar-refractivity contribution in [2.45, 2.75) is 24.3 Å². The molecule has 23 heavy (non-hydrogen) atoms. The van der Waals surface area contributed by atoms with Crippen molar-refractivity contribution in [2.24, 2.45) is 5.73 Å². The lowest BCUT2D eigenvalue weighted by molar-refractivity contribution is 0.0824. The van der Waals surface area contributed by atoms with Gasteiger partial charge in [0, 0.05) is 31.2 Å². The molecule has 9 heteroatoms. The molecule has 0 aliphatic carbocycles. The van der Waals surface area contributed by atoms with Gasteiger partial charge in [-0.3, -0.25) is 4.79 Å². The van der Waals surface area contributed by atoms with Gasteiger partial charge in [-0.05, 0) is 26.0 Å². The smallest absolute Gasteiger partial charge is 0.257 e. The van der Waals surface area contributed by atoms with Gasteiger partial charge in [0.25, 0.3) is 5.91 Å². The Kier molecular flexibility index (Phi) is 6.03. The highest BCUT2D eigenvalue weighted by atomic mass is 35.5. The van der Waals surface area contributed by atoms with E-state index in [2.05, 4.69) is 4.72 Å². The predicted molar refractivity (Wildman–Crippen MR) is 89.5 cm³/mol. The number of carbonyl (C=O) groups excluding carboxylic acids is 1. The number of halogens is 1. The van der Waals surface area contributed by atoms with Crippen LogP contribution in [0.15, 0.2) is 17.0 Å². The van der Waals surface area contributed by atoms with E-state index in [1.807, 2.05) is 0 Å². The van der Waals surface area contributed by atoms with Crippen LogP contribution in [-0.4, -0.2) is 52.5 Å². The van der Waals surface area contributed by atoms with Crippen LogP contribution >= 0.6 is 11.6 Å². The van der Waals surface area contributed by atoms with E-state index >= 15 is 0 Å². The van der Waals surface area contributed by atoms with E-state index in [0.717, 1.165) is 0 Å². The Morgan fingerprint density at radius 1 is 1.39 bits per heavy atom. The topological polar surface area (TPSA) is 102 Å². The summed E-state index contributed by atoms with van der Waals surface area (Å²) in [5.41, 5.74) is 5.13. The van der Waals surface area contributed by atoms with Crippen LogP contribution in [0.5, 0.6) is 5.75 Å². The van der Waals surface area contributed by atoms with Crippen LogP contribution < -0.4 is 15.2 Å². The van der Waals surface area contributed by atoms with Crippen molar-refractivity contribution in [2.75, 3.05) is 27.7 Å². The molecule has 1 rings (SSSR count). The summed E-state index contributed by atoms with van der Waals surface area (Å²) in [4.78, 5) is 13.3. The first-order valence-electron chi connectivity index (χ1n) is 6.77. The largest absolute Gasteiger partial charge is 0.494 e. The van der Waals surface area contributed by atoms with Crippen molar-refractivity contribution in [1.29, 1.82) is 0 Å². The number of ether oxygens (including phenoxy) is 1. The second-order valence-corrected chi connectivity index (χ2v) is 8.17. The first-order chi connectivity index (χ1) is 10.4. The molecule has 0 aromatic heterocycles. The fourth-order valence-corrected chi connectivity index (χ4v) is 3.46. The Balaban J connectivity index is 3.44. The van der Waals surface area contributed by atoms with Gasteiger partial charge < -0.3 is 15.4 Å². The second kappa shape index (κ2) is 7.04. The third-order valence-electron chi connectivity index (χ3n) is 2.87. The van der Waals surface area contributed by atoms with Gasteiger partial charge in [-0.25, -0.2) is 13.1 Å². The summed E-state index contributed by atoms with van der Waals surface area (Å²) in [6.45, 7) is 3.39. The fraction of sp³-hybridized carbons (Fsp3) is 0.500. The number of hydrogen-bond acceptors (Lipinski definition) is 5. The maximum Gasteiger partial charge on any atom is 0.257 e. The lowest BCUT2D eigenvalue weighted by Gasteiger charge is -2.21. The first-order valence-corrected chi connectivity index (χ1v) is 8.63. The molecule has 0 atom stereocenters. The number of sulfonamides is 1. The summed E-state index contributed by atoms with van der Waals surface area (Å²) in [6.07, 6.45) is 0. The Morgan fingerprint density at radius 2 is 1.96 bits per heavy atom. The Labute approximate surface area is 141 Å². The van der Waals surface area contributed by atoms with E-state index < -0.39 is 21.5 Å². The Hall–Kier alpha value is -1.35. The number of rotatable bonds is 6. The van der Waals surface area contributed by atoms with Crippen LogP contribution in [0.3, 0.4) is 0 Å². The summed E-state index contributed by atoms with van der Waals surface area (Å²) in [7, 11) is 0.438. The molecule has 1 amide bonds. The molecule has 130 valence electrons. The second-order valence-electron chi connectivity index (χ2n) is 6.00. The van der Waals surface area contributed by atoms with Gasteiger partial charge in [0.05, 0.1) is 12.7 Å². The van der Waals surface area contributed by atoms with Crippen molar-refractivity contribution in [3.8, 4) is 5.75 Å². The molecule has 0 aliphatic heterocycles. The third-order valence-corrected chi connectivity index (χ3v) is 4.49. The molecule has 0 heterocycles. The van der Waals surface area contributed by atoms with Crippen molar-refractivity contribution < 1.29 is 17.9 Å². The number of methoxy groups -OCH3 is 1. The van der Waals surface area contributed by atoms with Crippen LogP contribution in [0.1, 0.15) is 24.2 Å². The minimum Gasteiger partial charge on any atom is -0.494 e. The zero-order valence-electron chi connectivity index (χ0n) is 13.8. The molecule has 7 nitrogen and oxygen atoms in total. The summed E-state index contributed by atoms with van der Waals surface area (Å²) in [6, 6.07) is 2.60. The van der Waals surface area contributed by atoms with E-state index in [-0.39, 0.29) is 27.8 Å². The minimum atomic E-state index is -3.95. The van der Waals surface area contributed by atoms with E-state index in [1.54, 1.807) is 27.9 Å². The summed E-state index contributed by atoms with van der Waals surface area (Å²) in [5.74, 6) is -0.476. The van der Waals surface area contributed by atoms with Gasteiger partial charge in [0.2, 0.25) is 10.0 Å². The van der Waals surface area contributed by atoms with Crippen molar-refractivity contribution in [3.05, 3.63) is 22.7 Å². The standard InChI is InChI=1S/C14H22ClN3O4S/c1-14(2,16)8-17-23(20,21)11-7-9(15)6-10(12(11)22-5)13(19)18(3)4/h6-7,17H,8,16H2,1-5H3.